The fourth-order valence-corrected chi connectivity index (χ4v) is 2.57. The summed E-state index contributed by atoms with van der Waals surface area (Å²) in [6, 6.07) is 4.62. The van der Waals surface area contributed by atoms with Crippen molar-refractivity contribution in [1.29, 1.82) is 0 Å². The largest absolute Gasteiger partial charge is 0.504 e. The molecule has 0 saturated carbocycles. The average molecular weight is 332 g/mol. The molecule has 9 heteroatoms. The number of phenols is 1. The van der Waals surface area contributed by atoms with Gasteiger partial charge in [-0.1, -0.05) is 6.07 Å². The number of nitrogens with zero attached hydrogens (tertiary/aromatic N) is 2. The van der Waals surface area contributed by atoms with E-state index in [-0.39, 0.29) is 17.4 Å². The van der Waals surface area contributed by atoms with Crippen LogP contribution >= 0.6 is 0 Å². The molecule has 1 atom stereocenters. The zero-order chi connectivity index (χ0) is 17.4. The summed E-state index contributed by atoms with van der Waals surface area (Å²) in [5.41, 5.74) is 2.57. The number of hydrazone groups is 1. The van der Waals surface area contributed by atoms with Gasteiger partial charge >= 0.3 is 5.69 Å². The molecule has 2 heterocycles. The highest BCUT2D eigenvalue weighted by atomic mass is 16.5. The Labute approximate surface area is 135 Å². The number of aromatic hydroxyl groups is 2. The molecular formula is C15H16N4O5. The summed E-state index contributed by atoms with van der Waals surface area (Å²) in [6.45, 7) is 0. The first kappa shape index (κ1) is 15.7. The van der Waals surface area contributed by atoms with Gasteiger partial charge in [0.05, 0.1) is 18.9 Å². The van der Waals surface area contributed by atoms with E-state index in [0.29, 0.717) is 17.9 Å². The molecule has 0 amide bonds. The Kier molecular flexibility index (Phi) is 3.76. The number of H-pyrrole nitrogens is 1. The lowest BCUT2D eigenvalue weighted by Gasteiger charge is -2.12. The summed E-state index contributed by atoms with van der Waals surface area (Å²) in [7, 11) is 2.80. The van der Waals surface area contributed by atoms with Gasteiger partial charge in [-0.25, -0.2) is 4.79 Å². The van der Waals surface area contributed by atoms with Crippen LogP contribution in [-0.2, 0) is 7.05 Å². The van der Waals surface area contributed by atoms with Crippen LogP contribution in [0.25, 0.3) is 0 Å². The molecular weight excluding hydrogens is 316 g/mol. The number of aromatic amines is 1. The smallest absolute Gasteiger partial charge is 0.330 e. The molecule has 0 radical (unpaired) electrons. The zero-order valence-electron chi connectivity index (χ0n) is 13.0. The third kappa shape index (κ3) is 2.49. The van der Waals surface area contributed by atoms with Crippen molar-refractivity contribution in [3.8, 4) is 17.4 Å². The van der Waals surface area contributed by atoms with Crippen LogP contribution in [0.5, 0.6) is 17.4 Å². The minimum Gasteiger partial charge on any atom is -0.504 e. The Hall–Kier alpha value is -3.23. The van der Waals surface area contributed by atoms with Gasteiger partial charge in [0.15, 0.2) is 11.5 Å². The molecule has 1 aromatic heterocycles. The Morgan fingerprint density at radius 3 is 2.79 bits per heavy atom. The van der Waals surface area contributed by atoms with Crippen LogP contribution in [0.1, 0.15) is 23.6 Å². The van der Waals surface area contributed by atoms with E-state index in [0.717, 1.165) is 10.1 Å². The van der Waals surface area contributed by atoms with E-state index >= 15 is 0 Å². The third-order valence-electron chi connectivity index (χ3n) is 3.94. The molecule has 0 saturated heterocycles. The monoisotopic (exact) mass is 332 g/mol. The predicted molar refractivity (Wildman–Crippen MR) is 85.7 cm³/mol. The van der Waals surface area contributed by atoms with E-state index in [4.69, 9.17) is 4.74 Å². The summed E-state index contributed by atoms with van der Waals surface area (Å²) < 4.78 is 6.02. The maximum absolute atomic E-state index is 12.0. The molecule has 3 rings (SSSR count). The molecule has 1 aromatic carbocycles. The lowest BCUT2D eigenvalue weighted by Crippen LogP contribution is -2.32. The lowest BCUT2D eigenvalue weighted by atomic mass is 9.99. The molecule has 2 aromatic rings. The number of hydrogen-bond acceptors (Lipinski definition) is 7. The summed E-state index contributed by atoms with van der Waals surface area (Å²) in [6.07, 6.45) is 0.322. The van der Waals surface area contributed by atoms with Gasteiger partial charge in [-0.05, 0) is 17.7 Å². The molecule has 0 aliphatic carbocycles. The number of aromatic nitrogens is 2. The molecule has 0 bridgehead atoms. The average Bonchev–Trinajstić information content (AvgIpc) is 3.03. The molecule has 126 valence electrons. The van der Waals surface area contributed by atoms with Gasteiger partial charge < -0.3 is 20.4 Å². The summed E-state index contributed by atoms with van der Waals surface area (Å²) >= 11 is 0. The second-order valence-corrected chi connectivity index (χ2v) is 5.39. The van der Waals surface area contributed by atoms with Crippen molar-refractivity contribution in [2.75, 3.05) is 7.11 Å². The normalized spacial score (nSPS) is 16.6. The SMILES string of the molecule is COc1cc([C@H]2CC(c3c(O)n(C)c(=O)[nH]c3=O)=NN2)ccc1O. The molecule has 4 N–H and O–H groups in total. The third-order valence-corrected chi connectivity index (χ3v) is 3.94. The van der Waals surface area contributed by atoms with E-state index < -0.39 is 17.1 Å². The fourth-order valence-electron chi connectivity index (χ4n) is 2.57. The van der Waals surface area contributed by atoms with Crippen molar-refractivity contribution in [1.82, 2.24) is 15.0 Å². The molecule has 9 nitrogen and oxygen atoms in total. The second-order valence-electron chi connectivity index (χ2n) is 5.39. The number of methoxy groups -OCH3 is 1. The highest BCUT2D eigenvalue weighted by Crippen LogP contribution is 2.32. The van der Waals surface area contributed by atoms with Crippen LogP contribution in [0.4, 0.5) is 0 Å². The van der Waals surface area contributed by atoms with Crippen molar-refractivity contribution in [3.63, 3.8) is 0 Å². The van der Waals surface area contributed by atoms with E-state index in [1.807, 2.05) is 0 Å². The first-order chi connectivity index (χ1) is 11.4. The highest BCUT2D eigenvalue weighted by molar-refractivity contribution is 6.03. The molecule has 0 fully saturated rings. The molecule has 1 aliphatic rings. The van der Waals surface area contributed by atoms with Crippen molar-refractivity contribution >= 4 is 5.71 Å². The number of benzene rings is 1. The van der Waals surface area contributed by atoms with Crippen LogP contribution in [0.15, 0.2) is 32.9 Å². The second kappa shape index (κ2) is 5.76. The van der Waals surface area contributed by atoms with E-state index in [1.54, 1.807) is 12.1 Å². The van der Waals surface area contributed by atoms with Crippen LogP contribution < -0.4 is 21.4 Å². The zero-order valence-corrected chi connectivity index (χ0v) is 13.0. The maximum atomic E-state index is 12.0. The number of hydrogen-bond donors (Lipinski definition) is 4. The van der Waals surface area contributed by atoms with Gasteiger partial charge in [0.2, 0.25) is 5.88 Å². The van der Waals surface area contributed by atoms with Gasteiger partial charge in [-0.2, -0.15) is 5.10 Å². The molecule has 24 heavy (non-hydrogen) atoms. The standard InChI is InChI=1S/C15H16N4O5/c1-19-14(22)12(13(21)16-15(19)23)9-6-8(17-18-9)7-3-4-10(20)11(5-7)24-2/h3-5,8,17,20,22H,6H2,1-2H3,(H,16,21,23)/t8-/m1/s1. The van der Waals surface area contributed by atoms with Crippen molar-refractivity contribution in [2.45, 2.75) is 12.5 Å². The Morgan fingerprint density at radius 2 is 2.08 bits per heavy atom. The highest BCUT2D eigenvalue weighted by Gasteiger charge is 2.27. The lowest BCUT2D eigenvalue weighted by molar-refractivity contribution is 0.372. The minimum atomic E-state index is -0.701. The van der Waals surface area contributed by atoms with Gasteiger partial charge in [0.25, 0.3) is 5.56 Å². The number of nitrogens with one attached hydrogen (secondary N) is 2. The van der Waals surface area contributed by atoms with E-state index in [2.05, 4.69) is 15.5 Å². The first-order valence-corrected chi connectivity index (χ1v) is 7.14. The number of rotatable bonds is 3. The predicted octanol–water partition coefficient (Wildman–Crippen LogP) is -0.0679. The molecule has 0 spiro atoms. The first-order valence-electron chi connectivity index (χ1n) is 7.14. The van der Waals surface area contributed by atoms with Gasteiger partial charge in [0.1, 0.15) is 5.56 Å². The van der Waals surface area contributed by atoms with Crippen molar-refractivity contribution in [3.05, 3.63) is 50.2 Å². The van der Waals surface area contributed by atoms with E-state index in [9.17, 15) is 19.8 Å². The number of phenolic OH excluding ortho intramolecular Hbond substituents is 1. The number of ether oxygens (including phenoxy) is 1. The van der Waals surface area contributed by atoms with Gasteiger partial charge in [0, 0.05) is 13.5 Å². The van der Waals surface area contributed by atoms with Crippen molar-refractivity contribution < 1.29 is 14.9 Å². The quantitative estimate of drug-likeness (QED) is 0.623. The van der Waals surface area contributed by atoms with E-state index in [1.165, 1.54) is 20.2 Å². The van der Waals surface area contributed by atoms with Crippen molar-refractivity contribution in [2.24, 2.45) is 12.1 Å². The molecule has 0 unspecified atom stereocenters. The topological polar surface area (TPSA) is 129 Å². The Bertz CT molecular complexity index is 944. The summed E-state index contributed by atoms with van der Waals surface area (Å²) in [5.74, 6) is -0.0914. The maximum Gasteiger partial charge on any atom is 0.330 e. The Morgan fingerprint density at radius 1 is 1.33 bits per heavy atom. The van der Waals surface area contributed by atoms with Crippen LogP contribution in [0.2, 0.25) is 0 Å². The van der Waals surface area contributed by atoms with Crippen LogP contribution in [-0.4, -0.2) is 32.6 Å². The fraction of sp³-hybridized carbons (Fsp3) is 0.267. The molecule has 1 aliphatic heterocycles. The van der Waals surface area contributed by atoms with Gasteiger partial charge in [-0.15, -0.1) is 0 Å². The summed E-state index contributed by atoms with van der Waals surface area (Å²) in [4.78, 5) is 25.6. The Balaban J connectivity index is 1.93. The summed E-state index contributed by atoms with van der Waals surface area (Å²) in [5, 5.41) is 23.8. The van der Waals surface area contributed by atoms with Gasteiger partial charge in [-0.3, -0.25) is 14.3 Å². The van der Waals surface area contributed by atoms with Crippen LogP contribution in [0.3, 0.4) is 0 Å². The minimum absolute atomic E-state index is 0.0209. The van der Waals surface area contributed by atoms with Crippen LogP contribution in [0, 0.1) is 0 Å².